The van der Waals surface area contributed by atoms with Crippen molar-refractivity contribution in [1.82, 2.24) is 9.88 Å². The van der Waals surface area contributed by atoms with Gasteiger partial charge in [0.15, 0.2) is 0 Å². The van der Waals surface area contributed by atoms with Crippen LogP contribution in [-0.2, 0) is 16.1 Å². The van der Waals surface area contributed by atoms with Crippen molar-refractivity contribution in [2.45, 2.75) is 19.5 Å². The second kappa shape index (κ2) is 9.20. The fourth-order valence-corrected chi connectivity index (χ4v) is 3.67. The quantitative estimate of drug-likeness (QED) is 0.349. The van der Waals surface area contributed by atoms with Gasteiger partial charge in [-0.1, -0.05) is 30.3 Å². The Labute approximate surface area is 190 Å². The van der Waals surface area contributed by atoms with Gasteiger partial charge in [0.25, 0.3) is 11.7 Å². The van der Waals surface area contributed by atoms with Gasteiger partial charge in [0.2, 0.25) is 0 Å². The predicted molar refractivity (Wildman–Crippen MR) is 119 cm³/mol. The van der Waals surface area contributed by atoms with Crippen LogP contribution >= 0.6 is 12.4 Å². The van der Waals surface area contributed by atoms with Crippen LogP contribution in [0.5, 0.6) is 5.75 Å². The average molecular weight is 455 g/mol. The summed E-state index contributed by atoms with van der Waals surface area (Å²) >= 11 is 0. The first-order valence-corrected chi connectivity index (χ1v) is 9.59. The Balaban J connectivity index is 0.00000289. The van der Waals surface area contributed by atoms with Crippen molar-refractivity contribution >= 4 is 29.9 Å². The Morgan fingerprint density at radius 3 is 2.56 bits per heavy atom. The number of aliphatic hydroxyl groups excluding tert-OH is 1. The van der Waals surface area contributed by atoms with Crippen molar-refractivity contribution in [2.75, 3.05) is 0 Å². The second-order valence-electron chi connectivity index (χ2n) is 7.35. The van der Waals surface area contributed by atoms with E-state index >= 15 is 0 Å². The van der Waals surface area contributed by atoms with Crippen molar-refractivity contribution in [1.29, 1.82) is 0 Å². The largest absolute Gasteiger partial charge is 0.508 e. The van der Waals surface area contributed by atoms with Crippen LogP contribution in [0.25, 0.3) is 5.76 Å². The molecule has 8 heteroatoms. The van der Waals surface area contributed by atoms with Crippen molar-refractivity contribution in [3.63, 3.8) is 0 Å². The molecule has 4 rings (SSSR count). The number of Topliss-reactive ketones (excluding diaryl/α,β-unsaturated/α-hetero) is 1. The van der Waals surface area contributed by atoms with Gasteiger partial charge < -0.3 is 15.1 Å². The highest BCUT2D eigenvalue weighted by molar-refractivity contribution is 6.46. The third-order valence-electron chi connectivity index (χ3n) is 5.25. The van der Waals surface area contributed by atoms with E-state index in [4.69, 9.17) is 0 Å². The first-order valence-electron chi connectivity index (χ1n) is 9.59. The fraction of sp³-hybridized carbons (Fsp3) is 0.125. The molecule has 2 heterocycles. The van der Waals surface area contributed by atoms with E-state index in [1.807, 2.05) is 0 Å². The zero-order chi connectivity index (χ0) is 22.1. The molecule has 0 bridgehead atoms. The molecule has 1 fully saturated rings. The third-order valence-corrected chi connectivity index (χ3v) is 5.25. The standard InChI is InChI=1S/C24H19FN2O4.ClH/c1-14-7-8-17(11-19(14)25)22(29)20-21(16-5-2-6-18(28)10-16)27(24(31)23(20)30)13-15-4-3-9-26-12-15;/h2-12,21,28-29H,13H2,1H3;1H. The number of benzene rings is 2. The number of aromatic nitrogens is 1. The predicted octanol–water partition coefficient (Wildman–Crippen LogP) is 4.28. The molecule has 164 valence electrons. The van der Waals surface area contributed by atoms with Crippen LogP contribution in [0.3, 0.4) is 0 Å². The summed E-state index contributed by atoms with van der Waals surface area (Å²) in [4.78, 5) is 31.2. The summed E-state index contributed by atoms with van der Waals surface area (Å²) in [5, 5.41) is 20.9. The van der Waals surface area contributed by atoms with Crippen LogP contribution in [0, 0.1) is 12.7 Å². The number of aromatic hydroxyl groups is 1. The molecule has 1 amide bonds. The lowest BCUT2D eigenvalue weighted by atomic mass is 9.94. The van der Waals surface area contributed by atoms with Crippen LogP contribution < -0.4 is 0 Å². The van der Waals surface area contributed by atoms with E-state index in [-0.39, 0.29) is 35.8 Å². The number of phenolic OH excluding ortho intramolecular Hbond substituents is 1. The van der Waals surface area contributed by atoms with Crippen molar-refractivity contribution in [3.05, 3.63) is 101 Å². The molecule has 1 unspecified atom stereocenters. The van der Waals surface area contributed by atoms with Crippen molar-refractivity contribution < 1.29 is 24.2 Å². The van der Waals surface area contributed by atoms with Crippen molar-refractivity contribution in [3.8, 4) is 5.75 Å². The molecule has 1 aliphatic heterocycles. The molecule has 2 aromatic carbocycles. The first-order chi connectivity index (χ1) is 14.9. The van der Waals surface area contributed by atoms with Gasteiger partial charge in [0.05, 0.1) is 11.6 Å². The number of carbonyl (C=O) groups excluding carboxylic acids is 2. The number of likely N-dealkylation sites (tertiary alicyclic amines) is 1. The molecule has 0 spiro atoms. The minimum absolute atomic E-state index is 0. The van der Waals surface area contributed by atoms with E-state index in [1.165, 1.54) is 29.2 Å². The molecule has 6 nitrogen and oxygen atoms in total. The number of ketones is 1. The Morgan fingerprint density at radius 1 is 1.12 bits per heavy atom. The maximum atomic E-state index is 14.1. The highest BCUT2D eigenvalue weighted by atomic mass is 35.5. The summed E-state index contributed by atoms with van der Waals surface area (Å²) in [5.74, 6) is -2.74. The van der Waals surface area contributed by atoms with E-state index in [0.29, 0.717) is 16.7 Å². The number of halogens is 2. The zero-order valence-electron chi connectivity index (χ0n) is 17.0. The lowest BCUT2D eigenvalue weighted by Crippen LogP contribution is -2.29. The number of amides is 1. The molecule has 0 saturated carbocycles. The van der Waals surface area contributed by atoms with Gasteiger partial charge in [-0.25, -0.2) is 4.39 Å². The summed E-state index contributed by atoms with van der Waals surface area (Å²) < 4.78 is 14.1. The second-order valence-corrected chi connectivity index (χ2v) is 7.35. The number of aryl methyl sites for hydroxylation is 1. The molecule has 1 aliphatic rings. The van der Waals surface area contributed by atoms with Crippen LogP contribution in [0.2, 0.25) is 0 Å². The van der Waals surface area contributed by atoms with Crippen LogP contribution in [0.15, 0.2) is 72.6 Å². The number of hydrogen-bond donors (Lipinski definition) is 2. The molecule has 2 N–H and O–H groups in total. The van der Waals surface area contributed by atoms with Gasteiger partial charge in [-0.3, -0.25) is 14.6 Å². The SMILES string of the molecule is Cc1ccc(C(O)=C2C(=O)C(=O)N(Cc3cccnc3)C2c2cccc(O)c2)cc1F.Cl. The number of rotatable bonds is 4. The smallest absolute Gasteiger partial charge is 0.295 e. The Hall–Kier alpha value is -3.71. The Kier molecular flexibility index (Phi) is 6.60. The van der Waals surface area contributed by atoms with E-state index in [9.17, 15) is 24.2 Å². The van der Waals surface area contributed by atoms with Gasteiger partial charge >= 0.3 is 0 Å². The molecule has 32 heavy (non-hydrogen) atoms. The highest BCUT2D eigenvalue weighted by Crippen LogP contribution is 2.41. The number of nitrogens with zero attached hydrogens (tertiary/aromatic N) is 2. The molecular formula is C24H20ClFN2O4. The lowest BCUT2D eigenvalue weighted by molar-refractivity contribution is -0.140. The number of pyridine rings is 1. The summed E-state index contributed by atoms with van der Waals surface area (Å²) in [6.45, 7) is 1.65. The molecule has 1 atom stereocenters. The number of aliphatic hydroxyl groups is 1. The molecule has 0 aliphatic carbocycles. The average Bonchev–Trinajstić information content (AvgIpc) is 3.01. The molecule has 1 saturated heterocycles. The van der Waals surface area contributed by atoms with Crippen LogP contribution in [-0.4, -0.2) is 31.8 Å². The fourth-order valence-electron chi connectivity index (χ4n) is 3.67. The number of carbonyl (C=O) groups is 2. The summed E-state index contributed by atoms with van der Waals surface area (Å²) in [5.41, 5.74) is 1.45. The normalized spacial score (nSPS) is 17.3. The van der Waals surface area contributed by atoms with Crippen LogP contribution in [0.4, 0.5) is 4.39 Å². The van der Waals surface area contributed by atoms with Crippen molar-refractivity contribution in [2.24, 2.45) is 0 Å². The van der Waals surface area contributed by atoms with Gasteiger partial charge in [-0.15, -0.1) is 12.4 Å². The van der Waals surface area contributed by atoms with Crippen LogP contribution in [0.1, 0.15) is 28.3 Å². The summed E-state index contributed by atoms with van der Waals surface area (Å²) in [6.07, 6.45) is 3.17. The minimum atomic E-state index is -0.961. The third kappa shape index (κ3) is 4.20. The van der Waals surface area contributed by atoms with Gasteiger partial charge in [-0.2, -0.15) is 0 Å². The first kappa shape index (κ1) is 23.0. The highest BCUT2D eigenvalue weighted by Gasteiger charge is 2.46. The van der Waals surface area contributed by atoms with E-state index < -0.39 is 29.3 Å². The number of hydrogen-bond acceptors (Lipinski definition) is 5. The van der Waals surface area contributed by atoms with E-state index in [0.717, 1.165) is 6.07 Å². The summed E-state index contributed by atoms with van der Waals surface area (Å²) in [7, 11) is 0. The Bertz CT molecular complexity index is 1210. The maximum Gasteiger partial charge on any atom is 0.295 e. The molecule has 1 aromatic heterocycles. The number of phenols is 1. The lowest BCUT2D eigenvalue weighted by Gasteiger charge is -2.25. The molecule has 3 aromatic rings. The minimum Gasteiger partial charge on any atom is -0.508 e. The topological polar surface area (TPSA) is 90.7 Å². The Morgan fingerprint density at radius 2 is 1.91 bits per heavy atom. The summed E-state index contributed by atoms with van der Waals surface area (Å²) in [6, 6.07) is 12.7. The van der Waals surface area contributed by atoms with Gasteiger partial charge in [0.1, 0.15) is 17.3 Å². The molecule has 0 radical (unpaired) electrons. The monoisotopic (exact) mass is 454 g/mol. The van der Waals surface area contributed by atoms with Gasteiger partial charge in [-0.05, 0) is 47.9 Å². The van der Waals surface area contributed by atoms with E-state index in [2.05, 4.69) is 4.98 Å². The van der Waals surface area contributed by atoms with Gasteiger partial charge in [0, 0.05) is 24.5 Å². The maximum absolute atomic E-state index is 14.1. The molecular weight excluding hydrogens is 435 g/mol. The zero-order valence-corrected chi connectivity index (χ0v) is 17.8. The van der Waals surface area contributed by atoms with E-state index in [1.54, 1.807) is 43.6 Å².